The summed E-state index contributed by atoms with van der Waals surface area (Å²) in [6.45, 7) is 8.02. The minimum absolute atomic E-state index is 0.0227. The van der Waals surface area contributed by atoms with E-state index in [2.05, 4.69) is 31.1 Å². The van der Waals surface area contributed by atoms with Gasteiger partial charge in [-0.2, -0.15) is 0 Å². The largest absolute Gasteiger partial charge is 0.381 e. The molecule has 1 aromatic heterocycles. The van der Waals surface area contributed by atoms with E-state index in [-0.39, 0.29) is 23.0 Å². The van der Waals surface area contributed by atoms with Crippen LogP contribution in [0.15, 0.2) is 35.4 Å². The Morgan fingerprint density at radius 3 is 2.46 bits per heavy atom. The third-order valence-corrected chi connectivity index (χ3v) is 4.15. The number of carbonyl (C=O) groups excluding carboxylic acids is 1. The van der Waals surface area contributed by atoms with Crippen LogP contribution in [0.25, 0.3) is 0 Å². The second-order valence-corrected chi connectivity index (χ2v) is 8.22. The van der Waals surface area contributed by atoms with Crippen molar-refractivity contribution in [2.45, 2.75) is 43.9 Å². The topological polar surface area (TPSA) is 90.1 Å². The van der Waals surface area contributed by atoms with Crippen LogP contribution in [0.3, 0.4) is 0 Å². The van der Waals surface area contributed by atoms with Gasteiger partial charge in [-0.25, -0.2) is 0 Å². The van der Waals surface area contributed by atoms with Crippen molar-refractivity contribution in [1.82, 2.24) is 9.55 Å². The Morgan fingerprint density at radius 2 is 1.96 bits per heavy atom. The molecular formula is C16H20N4O3S. The number of anilines is 1. The summed E-state index contributed by atoms with van der Waals surface area (Å²) in [5.41, 5.74) is 0.686. The predicted octanol–water partition coefficient (Wildman–Crippen LogP) is 3.63. The Morgan fingerprint density at radius 1 is 1.33 bits per heavy atom. The van der Waals surface area contributed by atoms with Crippen LogP contribution in [0.5, 0.6) is 0 Å². The van der Waals surface area contributed by atoms with Crippen LogP contribution in [0.1, 0.15) is 26.6 Å². The highest BCUT2D eigenvalue weighted by atomic mass is 32.2. The maximum absolute atomic E-state index is 12.1. The number of nitrogens with zero attached hydrogens (tertiary/aromatic N) is 3. The monoisotopic (exact) mass is 348 g/mol. The van der Waals surface area contributed by atoms with E-state index in [1.165, 1.54) is 10.8 Å². The molecule has 0 aliphatic heterocycles. The summed E-state index contributed by atoms with van der Waals surface area (Å²) in [5, 5.41) is 13.5. The molecule has 0 aliphatic rings. The fourth-order valence-electron chi connectivity index (χ4n) is 2.05. The van der Waals surface area contributed by atoms with Crippen molar-refractivity contribution in [3.8, 4) is 0 Å². The van der Waals surface area contributed by atoms with Crippen molar-refractivity contribution in [2.75, 3.05) is 5.32 Å². The molecule has 8 heteroatoms. The number of hydrogen-bond donors (Lipinski definition) is 1. The molecule has 24 heavy (non-hydrogen) atoms. The summed E-state index contributed by atoms with van der Waals surface area (Å²) >= 11 is 1.75. The molecule has 0 fully saturated rings. The first-order chi connectivity index (χ1) is 11.1. The lowest BCUT2D eigenvalue weighted by molar-refractivity contribution is -0.389. The molecule has 0 saturated carbocycles. The normalized spacial score (nSPS) is 11.3. The second kappa shape index (κ2) is 7.04. The summed E-state index contributed by atoms with van der Waals surface area (Å²) in [4.78, 5) is 27.1. The molecular weight excluding hydrogens is 328 g/mol. The predicted molar refractivity (Wildman–Crippen MR) is 94.3 cm³/mol. The van der Waals surface area contributed by atoms with Crippen molar-refractivity contribution < 1.29 is 9.72 Å². The van der Waals surface area contributed by atoms with Gasteiger partial charge in [0.15, 0.2) is 0 Å². The van der Waals surface area contributed by atoms with Crippen LogP contribution in [0.4, 0.5) is 11.5 Å². The SMILES string of the molecule is Cc1nc([N+](=O)[O-])cn1CC(=O)Nc1ccc(SC(C)(C)C)cc1. The van der Waals surface area contributed by atoms with Gasteiger partial charge in [0.1, 0.15) is 12.7 Å². The highest BCUT2D eigenvalue weighted by Gasteiger charge is 2.17. The number of hydrogen-bond acceptors (Lipinski definition) is 5. The van der Waals surface area contributed by atoms with Crippen molar-refractivity contribution in [3.05, 3.63) is 46.4 Å². The van der Waals surface area contributed by atoms with Gasteiger partial charge in [0.05, 0.1) is 0 Å². The van der Waals surface area contributed by atoms with E-state index in [0.717, 1.165) is 4.90 Å². The number of rotatable bonds is 5. The van der Waals surface area contributed by atoms with Gasteiger partial charge in [0.25, 0.3) is 0 Å². The standard InChI is InChI=1S/C16H20N4O3S/c1-11-17-14(20(22)23)9-19(11)10-15(21)18-12-5-7-13(8-6-12)24-16(2,3)4/h5-9H,10H2,1-4H3,(H,18,21). The van der Waals surface area contributed by atoms with E-state index in [4.69, 9.17) is 0 Å². The van der Waals surface area contributed by atoms with E-state index in [1.54, 1.807) is 18.7 Å². The number of benzene rings is 1. The summed E-state index contributed by atoms with van der Waals surface area (Å²) in [6, 6.07) is 7.60. The summed E-state index contributed by atoms with van der Waals surface area (Å²) in [7, 11) is 0. The first-order valence-corrected chi connectivity index (χ1v) is 8.23. The zero-order chi connectivity index (χ0) is 17.9. The molecule has 1 aromatic carbocycles. The van der Waals surface area contributed by atoms with E-state index >= 15 is 0 Å². The third-order valence-electron chi connectivity index (χ3n) is 3.03. The molecule has 0 unspecified atom stereocenters. The maximum atomic E-state index is 12.1. The molecule has 0 saturated heterocycles. The van der Waals surface area contributed by atoms with Gasteiger partial charge in [0, 0.05) is 22.3 Å². The Balaban J connectivity index is 1.98. The number of thioether (sulfide) groups is 1. The summed E-state index contributed by atoms with van der Waals surface area (Å²) in [5.74, 6) is -0.0979. The Labute approximate surface area is 144 Å². The highest BCUT2D eigenvalue weighted by Crippen LogP contribution is 2.32. The zero-order valence-corrected chi connectivity index (χ0v) is 14.9. The fourth-order valence-corrected chi connectivity index (χ4v) is 3.03. The number of nitro groups is 1. The zero-order valence-electron chi connectivity index (χ0n) is 14.1. The van der Waals surface area contributed by atoms with Crippen molar-refractivity contribution in [2.24, 2.45) is 0 Å². The van der Waals surface area contributed by atoms with Gasteiger partial charge in [-0.05, 0) is 34.2 Å². The number of aromatic nitrogens is 2. The van der Waals surface area contributed by atoms with Crippen LogP contribution in [-0.4, -0.2) is 25.1 Å². The summed E-state index contributed by atoms with van der Waals surface area (Å²) in [6.07, 6.45) is 1.26. The molecule has 0 radical (unpaired) electrons. The minimum Gasteiger partial charge on any atom is -0.358 e. The maximum Gasteiger partial charge on any atom is 0.381 e. The fraction of sp³-hybridized carbons (Fsp3) is 0.375. The molecule has 1 heterocycles. The van der Waals surface area contributed by atoms with E-state index in [9.17, 15) is 14.9 Å². The van der Waals surface area contributed by atoms with Crippen LogP contribution in [-0.2, 0) is 11.3 Å². The smallest absolute Gasteiger partial charge is 0.358 e. The van der Waals surface area contributed by atoms with E-state index in [1.807, 2.05) is 24.3 Å². The van der Waals surface area contributed by atoms with Gasteiger partial charge in [0.2, 0.25) is 11.7 Å². The number of nitrogens with one attached hydrogen (secondary N) is 1. The summed E-state index contributed by atoms with van der Waals surface area (Å²) < 4.78 is 1.58. The molecule has 0 bridgehead atoms. The Kier molecular flexibility index (Phi) is 5.28. The number of imidazole rings is 1. The lowest BCUT2D eigenvalue weighted by atomic mass is 10.3. The number of aryl methyl sites for hydroxylation is 1. The van der Waals surface area contributed by atoms with Gasteiger partial charge in [-0.3, -0.25) is 9.36 Å². The molecule has 0 aliphatic carbocycles. The number of carbonyl (C=O) groups is 1. The van der Waals surface area contributed by atoms with Crippen molar-refractivity contribution in [3.63, 3.8) is 0 Å². The molecule has 0 spiro atoms. The third kappa shape index (κ3) is 5.09. The van der Waals surface area contributed by atoms with Gasteiger partial charge in [-0.1, -0.05) is 20.8 Å². The van der Waals surface area contributed by atoms with Crippen LogP contribution in [0, 0.1) is 17.0 Å². The highest BCUT2D eigenvalue weighted by molar-refractivity contribution is 8.00. The molecule has 1 N–H and O–H groups in total. The molecule has 0 atom stereocenters. The number of amides is 1. The van der Waals surface area contributed by atoms with E-state index < -0.39 is 4.92 Å². The average molecular weight is 348 g/mol. The Hall–Kier alpha value is -2.35. The minimum atomic E-state index is -0.576. The Bertz CT molecular complexity index is 748. The molecule has 1 amide bonds. The first kappa shape index (κ1) is 18.0. The van der Waals surface area contributed by atoms with Gasteiger partial charge >= 0.3 is 5.82 Å². The van der Waals surface area contributed by atoms with E-state index in [0.29, 0.717) is 11.5 Å². The van der Waals surface area contributed by atoms with Gasteiger partial charge in [-0.15, -0.1) is 11.8 Å². The molecule has 7 nitrogen and oxygen atoms in total. The van der Waals surface area contributed by atoms with Crippen molar-refractivity contribution in [1.29, 1.82) is 0 Å². The second-order valence-electron chi connectivity index (χ2n) is 6.32. The van der Waals surface area contributed by atoms with Crippen LogP contribution in [0.2, 0.25) is 0 Å². The molecule has 128 valence electrons. The van der Waals surface area contributed by atoms with Gasteiger partial charge < -0.3 is 15.4 Å². The molecule has 2 rings (SSSR count). The van der Waals surface area contributed by atoms with Crippen LogP contribution < -0.4 is 5.32 Å². The lowest BCUT2D eigenvalue weighted by Gasteiger charge is -2.17. The quantitative estimate of drug-likeness (QED) is 0.506. The van der Waals surface area contributed by atoms with Crippen molar-refractivity contribution >= 4 is 29.2 Å². The average Bonchev–Trinajstić information content (AvgIpc) is 2.81. The lowest BCUT2D eigenvalue weighted by Crippen LogP contribution is -2.19. The molecule has 2 aromatic rings. The first-order valence-electron chi connectivity index (χ1n) is 7.41. The van der Waals surface area contributed by atoms with Crippen LogP contribution >= 0.6 is 11.8 Å².